The first-order valence-electron chi connectivity index (χ1n) is 7.67. The molecule has 1 aliphatic heterocycles. The fourth-order valence-corrected chi connectivity index (χ4v) is 3.16. The number of nitrogens with zero attached hydrogens (tertiary/aromatic N) is 1. The molecular formula is C17H17ClN3O3+. The van der Waals surface area contributed by atoms with Crippen molar-refractivity contribution in [2.24, 2.45) is 0 Å². The van der Waals surface area contributed by atoms with E-state index in [2.05, 4.69) is 17.4 Å². The summed E-state index contributed by atoms with van der Waals surface area (Å²) in [5.41, 5.74) is 2.55. The number of amides is 1. The van der Waals surface area contributed by atoms with E-state index in [0.29, 0.717) is 5.02 Å². The normalized spacial score (nSPS) is 16.3. The molecular weight excluding hydrogens is 330 g/mol. The first-order chi connectivity index (χ1) is 11.5. The summed E-state index contributed by atoms with van der Waals surface area (Å²) in [7, 11) is 0. The number of nitrogens with one attached hydrogen (secondary N) is 2. The maximum atomic E-state index is 12.3. The minimum absolute atomic E-state index is 0.134. The van der Waals surface area contributed by atoms with Crippen LogP contribution in [0.3, 0.4) is 0 Å². The molecule has 0 aliphatic carbocycles. The maximum Gasteiger partial charge on any atom is 0.292 e. The van der Waals surface area contributed by atoms with Crippen LogP contribution in [0.2, 0.25) is 5.02 Å². The van der Waals surface area contributed by atoms with Crippen LogP contribution in [0, 0.1) is 10.1 Å². The Morgan fingerprint density at radius 2 is 2.00 bits per heavy atom. The number of fused-ring (bicyclic) bond motifs is 1. The van der Waals surface area contributed by atoms with Crippen LogP contribution in [0.1, 0.15) is 11.1 Å². The van der Waals surface area contributed by atoms with Gasteiger partial charge in [-0.3, -0.25) is 14.9 Å². The standard InChI is InChI=1S/C17H16ClN3O3/c18-14-5-6-16(21(23)24)15(9-14)19-17(22)11-20-8-7-12-3-1-2-4-13(12)10-20/h1-6,9H,7-8,10-11H2,(H,19,22)/p+1. The molecule has 3 rings (SSSR count). The van der Waals surface area contributed by atoms with Crippen LogP contribution in [0.25, 0.3) is 0 Å². The van der Waals surface area contributed by atoms with E-state index in [1.165, 1.54) is 29.3 Å². The number of nitro benzene ring substituents is 1. The molecule has 0 radical (unpaired) electrons. The zero-order valence-corrected chi connectivity index (χ0v) is 13.7. The largest absolute Gasteiger partial charge is 0.323 e. The van der Waals surface area contributed by atoms with Crippen LogP contribution >= 0.6 is 11.6 Å². The third-order valence-electron chi connectivity index (χ3n) is 4.15. The highest BCUT2D eigenvalue weighted by Crippen LogP contribution is 2.27. The average molecular weight is 347 g/mol. The monoisotopic (exact) mass is 346 g/mol. The predicted octanol–water partition coefficient (Wildman–Crippen LogP) is 1.83. The van der Waals surface area contributed by atoms with Gasteiger partial charge in [-0.05, 0) is 17.7 Å². The topological polar surface area (TPSA) is 76.7 Å². The van der Waals surface area contributed by atoms with Gasteiger partial charge in [-0.15, -0.1) is 0 Å². The van der Waals surface area contributed by atoms with Crippen molar-refractivity contribution in [3.63, 3.8) is 0 Å². The van der Waals surface area contributed by atoms with Gasteiger partial charge in [0.25, 0.3) is 11.6 Å². The van der Waals surface area contributed by atoms with Gasteiger partial charge in [0.15, 0.2) is 6.54 Å². The van der Waals surface area contributed by atoms with Crippen molar-refractivity contribution in [2.45, 2.75) is 13.0 Å². The molecule has 0 spiro atoms. The van der Waals surface area contributed by atoms with Crippen molar-refractivity contribution in [2.75, 3.05) is 18.4 Å². The Labute approximate surface area is 144 Å². The Hall–Kier alpha value is -2.44. The van der Waals surface area contributed by atoms with Gasteiger partial charge in [-0.25, -0.2) is 0 Å². The summed E-state index contributed by atoms with van der Waals surface area (Å²) in [4.78, 5) is 23.9. The van der Waals surface area contributed by atoms with Crippen molar-refractivity contribution < 1.29 is 14.6 Å². The molecule has 2 N–H and O–H groups in total. The van der Waals surface area contributed by atoms with Crippen LogP contribution in [-0.2, 0) is 17.8 Å². The molecule has 0 fully saturated rings. The van der Waals surface area contributed by atoms with Gasteiger partial charge in [0.2, 0.25) is 0 Å². The second kappa shape index (κ2) is 6.98. The average Bonchev–Trinajstić information content (AvgIpc) is 2.54. The van der Waals surface area contributed by atoms with Gasteiger partial charge >= 0.3 is 0 Å². The molecule has 0 saturated heterocycles. The fraction of sp³-hybridized carbons (Fsp3) is 0.235. The van der Waals surface area contributed by atoms with Crippen LogP contribution in [0.15, 0.2) is 42.5 Å². The molecule has 1 amide bonds. The predicted molar refractivity (Wildman–Crippen MR) is 91.3 cm³/mol. The molecule has 2 aromatic carbocycles. The van der Waals surface area contributed by atoms with Crippen molar-refractivity contribution in [1.29, 1.82) is 0 Å². The van der Waals surface area contributed by atoms with Crippen LogP contribution in [-0.4, -0.2) is 23.9 Å². The minimum atomic E-state index is -0.532. The van der Waals surface area contributed by atoms with E-state index >= 15 is 0 Å². The highest BCUT2D eigenvalue weighted by Gasteiger charge is 2.23. The zero-order chi connectivity index (χ0) is 17.1. The van der Waals surface area contributed by atoms with E-state index < -0.39 is 4.92 Å². The summed E-state index contributed by atoms with van der Waals surface area (Å²) in [6.07, 6.45) is 0.927. The molecule has 1 unspecified atom stereocenters. The number of halogens is 1. The van der Waals surface area contributed by atoms with Gasteiger partial charge in [0.05, 0.1) is 11.5 Å². The number of rotatable bonds is 4. The van der Waals surface area contributed by atoms with Gasteiger partial charge in [-0.2, -0.15) is 0 Å². The fourth-order valence-electron chi connectivity index (χ4n) is 2.98. The van der Waals surface area contributed by atoms with Crippen molar-refractivity contribution >= 4 is 28.9 Å². The first-order valence-corrected chi connectivity index (χ1v) is 8.05. The SMILES string of the molecule is O=C(C[NH+]1CCc2ccccc2C1)Nc1cc(Cl)ccc1[N+](=O)[O-]. The van der Waals surface area contributed by atoms with Crippen molar-refractivity contribution in [1.82, 2.24) is 0 Å². The molecule has 7 heteroatoms. The lowest BCUT2D eigenvalue weighted by Crippen LogP contribution is -3.12. The Balaban J connectivity index is 1.67. The van der Waals surface area contributed by atoms with E-state index in [1.807, 2.05) is 12.1 Å². The summed E-state index contributed by atoms with van der Waals surface area (Å²) >= 11 is 5.87. The summed E-state index contributed by atoms with van der Waals surface area (Å²) in [5, 5.41) is 14.0. The lowest BCUT2D eigenvalue weighted by atomic mass is 10.00. The van der Waals surface area contributed by atoms with Crippen LogP contribution in [0.5, 0.6) is 0 Å². The number of hydrogen-bond donors (Lipinski definition) is 2. The molecule has 0 aromatic heterocycles. The van der Waals surface area contributed by atoms with E-state index in [4.69, 9.17) is 11.6 Å². The molecule has 2 aromatic rings. The highest BCUT2D eigenvalue weighted by atomic mass is 35.5. The second-order valence-electron chi connectivity index (χ2n) is 5.84. The van der Waals surface area contributed by atoms with Gasteiger partial charge in [0.1, 0.15) is 12.2 Å². The van der Waals surface area contributed by atoms with Crippen molar-refractivity contribution in [3.05, 3.63) is 68.7 Å². The number of anilines is 1. The van der Waals surface area contributed by atoms with Crippen molar-refractivity contribution in [3.8, 4) is 0 Å². The Bertz CT molecular complexity index is 794. The third-order valence-corrected chi connectivity index (χ3v) is 4.38. The Kier molecular flexibility index (Phi) is 4.78. The number of hydrogen-bond acceptors (Lipinski definition) is 3. The number of carbonyl (C=O) groups is 1. The third kappa shape index (κ3) is 3.72. The smallest absolute Gasteiger partial charge is 0.292 e. The summed E-state index contributed by atoms with van der Waals surface area (Å²) in [6, 6.07) is 12.3. The van der Waals surface area contributed by atoms with Crippen LogP contribution in [0.4, 0.5) is 11.4 Å². The van der Waals surface area contributed by atoms with Gasteiger partial charge < -0.3 is 10.2 Å². The molecule has 1 atom stereocenters. The van der Waals surface area contributed by atoms with E-state index in [0.717, 1.165) is 24.4 Å². The quantitative estimate of drug-likeness (QED) is 0.655. The maximum absolute atomic E-state index is 12.3. The lowest BCUT2D eigenvalue weighted by Gasteiger charge is -2.25. The molecule has 124 valence electrons. The second-order valence-corrected chi connectivity index (χ2v) is 6.28. The summed E-state index contributed by atoms with van der Waals surface area (Å²) in [5.74, 6) is -0.255. The van der Waals surface area contributed by atoms with E-state index in [-0.39, 0.29) is 23.8 Å². The summed E-state index contributed by atoms with van der Waals surface area (Å²) < 4.78 is 0. The van der Waals surface area contributed by atoms with E-state index in [1.54, 1.807) is 0 Å². The highest BCUT2D eigenvalue weighted by molar-refractivity contribution is 6.31. The van der Waals surface area contributed by atoms with Gasteiger partial charge in [-0.1, -0.05) is 35.9 Å². The van der Waals surface area contributed by atoms with E-state index in [9.17, 15) is 14.9 Å². The van der Waals surface area contributed by atoms with Crippen LogP contribution < -0.4 is 10.2 Å². The number of benzene rings is 2. The molecule has 6 nitrogen and oxygen atoms in total. The zero-order valence-electron chi connectivity index (χ0n) is 12.9. The first kappa shape index (κ1) is 16.4. The number of nitro groups is 1. The molecule has 1 aliphatic rings. The minimum Gasteiger partial charge on any atom is -0.323 e. The molecule has 0 bridgehead atoms. The number of quaternary nitrogens is 1. The molecule has 24 heavy (non-hydrogen) atoms. The molecule has 1 heterocycles. The summed E-state index contributed by atoms with van der Waals surface area (Å²) in [6.45, 7) is 1.90. The Morgan fingerprint density at radius 1 is 1.25 bits per heavy atom. The lowest BCUT2D eigenvalue weighted by molar-refractivity contribution is -0.907. The van der Waals surface area contributed by atoms with Gasteiger partial charge in [0, 0.05) is 23.1 Å². The Morgan fingerprint density at radius 3 is 2.75 bits per heavy atom. The number of carbonyl (C=O) groups excluding carboxylic acids is 1. The molecule has 0 saturated carbocycles.